The van der Waals surface area contributed by atoms with Gasteiger partial charge in [-0.2, -0.15) is 12.6 Å². The molecule has 7 heteroatoms. The van der Waals surface area contributed by atoms with Gasteiger partial charge < -0.3 is 20.4 Å². The lowest BCUT2D eigenvalue weighted by Crippen LogP contribution is -2.30. The van der Waals surface area contributed by atoms with E-state index >= 15 is 0 Å². The maximum Gasteiger partial charge on any atom is 0.328 e. The van der Waals surface area contributed by atoms with E-state index in [0.29, 0.717) is 19.4 Å². The van der Waals surface area contributed by atoms with E-state index in [1.165, 1.54) is 0 Å². The van der Waals surface area contributed by atoms with Crippen LogP contribution in [0.4, 0.5) is 0 Å². The Morgan fingerprint density at radius 2 is 1.76 bits per heavy atom. The van der Waals surface area contributed by atoms with Crippen molar-refractivity contribution in [2.75, 3.05) is 31.9 Å². The van der Waals surface area contributed by atoms with Crippen LogP contribution in [0, 0.1) is 0 Å². The molecule has 0 aromatic carbocycles. The lowest BCUT2D eigenvalue weighted by Gasteiger charge is -2.16. The first-order chi connectivity index (χ1) is 8.02. The van der Waals surface area contributed by atoms with Crippen molar-refractivity contribution in [1.29, 1.82) is 0 Å². The van der Waals surface area contributed by atoms with Crippen LogP contribution in [0.25, 0.3) is 0 Å². The summed E-state index contributed by atoms with van der Waals surface area (Å²) in [6, 6.07) is 0. The van der Waals surface area contributed by atoms with Crippen LogP contribution in [0.1, 0.15) is 26.2 Å². The Balaban J connectivity index is 3.41. The Hall–Kier alpha value is 0.420. The van der Waals surface area contributed by atoms with E-state index in [4.69, 9.17) is 9.79 Å². The molecule has 1 unspecified atom stereocenters. The third kappa shape index (κ3) is 10.1. The molecule has 0 spiro atoms. The summed E-state index contributed by atoms with van der Waals surface area (Å²) < 4.78 is 11.0. The van der Waals surface area contributed by atoms with Gasteiger partial charge >= 0.3 is 7.60 Å². The molecular formula is C10H25N2O3PS. The molecule has 5 nitrogen and oxygen atoms in total. The van der Waals surface area contributed by atoms with E-state index in [0.717, 1.165) is 31.8 Å². The van der Waals surface area contributed by atoms with Crippen molar-refractivity contribution >= 4 is 20.2 Å². The van der Waals surface area contributed by atoms with Crippen molar-refractivity contribution in [3.63, 3.8) is 0 Å². The fraction of sp³-hybridized carbons (Fsp3) is 1.00. The fourth-order valence-corrected chi connectivity index (χ4v) is 2.61. The predicted octanol–water partition coefficient (Wildman–Crippen LogP) is 0.832. The Bertz CT molecular complexity index is 226. The summed E-state index contributed by atoms with van der Waals surface area (Å²) in [7, 11) is -3.91. The van der Waals surface area contributed by atoms with Gasteiger partial charge in [-0.1, -0.05) is 6.92 Å². The molecule has 0 aliphatic heterocycles. The first-order valence-electron chi connectivity index (χ1n) is 6.09. The van der Waals surface area contributed by atoms with Gasteiger partial charge in [-0.25, -0.2) is 0 Å². The van der Waals surface area contributed by atoms with Gasteiger partial charge in [-0.3, -0.25) is 4.57 Å². The maximum atomic E-state index is 11.0. The molecule has 0 aliphatic rings. The van der Waals surface area contributed by atoms with Crippen molar-refractivity contribution in [2.45, 2.75) is 31.8 Å². The van der Waals surface area contributed by atoms with Gasteiger partial charge in [0.2, 0.25) is 0 Å². The smallest absolute Gasteiger partial charge is 0.324 e. The number of rotatable bonds is 11. The number of nitrogens with one attached hydrogen (secondary N) is 2. The van der Waals surface area contributed by atoms with Gasteiger partial charge in [-0.05, 0) is 38.1 Å². The molecular weight excluding hydrogens is 259 g/mol. The van der Waals surface area contributed by atoms with E-state index in [2.05, 4.69) is 23.3 Å². The highest BCUT2D eigenvalue weighted by molar-refractivity contribution is 7.80. The number of hydrogen-bond donors (Lipinski definition) is 5. The molecule has 0 heterocycles. The Morgan fingerprint density at radius 1 is 1.18 bits per heavy atom. The quantitative estimate of drug-likeness (QED) is 0.221. The first kappa shape index (κ1) is 17.4. The molecule has 0 saturated heterocycles. The summed E-state index contributed by atoms with van der Waals surface area (Å²) >= 11 is 4.11. The third-order valence-corrected chi connectivity index (χ3v) is 4.48. The normalized spacial score (nSPS) is 13.9. The summed E-state index contributed by atoms with van der Waals surface area (Å²) in [5.74, 6) is 0.890. The van der Waals surface area contributed by atoms with E-state index in [1.54, 1.807) is 0 Å². The minimum atomic E-state index is -3.91. The van der Waals surface area contributed by atoms with Gasteiger partial charge in [0.05, 0.1) is 5.66 Å². The Morgan fingerprint density at radius 3 is 2.24 bits per heavy atom. The zero-order valence-corrected chi connectivity index (χ0v) is 12.2. The molecule has 17 heavy (non-hydrogen) atoms. The van der Waals surface area contributed by atoms with E-state index < -0.39 is 13.3 Å². The lowest BCUT2D eigenvalue weighted by molar-refractivity contribution is 0.351. The topological polar surface area (TPSA) is 81.6 Å². The molecule has 0 fully saturated rings. The molecule has 0 aromatic rings. The van der Waals surface area contributed by atoms with Gasteiger partial charge in [0.1, 0.15) is 0 Å². The number of hydrogen-bond acceptors (Lipinski definition) is 4. The van der Waals surface area contributed by atoms with Crippen LogP contribution in [0.2, 0.25) is 0 Å². The average Bonchev–Trinajstić information content (AvgIpc) is 2.25. The van der Waals surface area contributed by atoms with Crippen molar-refractivity contribution in [2.24, 2.45) is 0 Å². The Kier molecular flexibility index (Phi) is 10.6. The van der Waals surface area contributed by atoms with Crippen LogP contribution in [-0.2, 0) is 4.57 Å². The minimum Gasteiger partial charge on any atom is -0.324 e. The van der Waals surface area contributed by atoms with Crippen molar-refractivity contribution < 1.29 is 14.4 Å². The summed E-state index contributed by atoms with van der Waals surface area (Å²) in [5, 5.41) is 6.43. The standard InChI is InChI=1S/C10H25N2O3PS/c1-2-10(16(13,14)15)4-6-12-8-7-11-5-3-9-17/h10-12,17H,2-9H2,1H3,(H2,13,14,15). The van der Waals surface area contributed by atoms with E-state index in [1.807, 2.05) is 6.92 Å². The van der Waals surface area contributed by atoms with Crippen LogP contribution in [-0.4, -0.2) is 47.4 Å². The van der Waals surface area contributed by atoms with E-state index in [-0.39, 0.29) is 0 Å². The van der Waals surface area contributed by atoms with Gasteiger partial charge in [0.15, 0.2) is 0 Å². The van der Waals surface area contributed by atoms with Crippen LogP contribution in [0.3, 0.4) is 0 Å². The van der Waals surface area contributed by atoms with Crippen molar-refractivity contribution in [3.8, 4) is 0 Å². The molecule has 0 rings (SSSR count). The largest absolute Gasteiger partial charge is 0.328 e. The molecule has 0 radical (unpaired) electrons. The predicted molar refractivity (Wildman–Crippen MR) is 74.9 cm³/mol. The molecule has 0 aliphatic carbocycles. The molecule has 0 bridgehead atoms. The molecule has 4 N–H and O–H groups in total. The zero-order chi connectivity index (χ0) is 13.1. The van der Waals surface area contributed by atoms with Crippen molar-refractivity contribution in [3.05, 3.63) is 0 Å². The molecule has 0 saturated carbocycles. The second-order valence-electron chi connectivity index (χ2n) is 4.02. The average molecular weight is 284 g/mol. The SMILES string of the molecule is CCC(CCNCCNCCCS)P(=O)(O)O. The second kappa shape index (κ2) is 10.4. The van der Waals surface area contributed by atoms with E-state index in [9.17, 15) is 4.57 Å². The molecule has 0 aromatic heterocycles. The Labute approximate surface area is 109 Å². The second-order valence-corrected chi connectivity index (χ2v) is 6.37. The van der Waals surface area contributed by atoms with Crippen molar-refractivity contribution in [1.82, 2.24) is 10.6 Å². The molecule has 0 amide bonds. The van der Waals surface area contributed by atoms with Crippen LogP contribution >= 0.6 is 20.2 Å². The van der Waals surface area contributed by atoms with Gasteiger partial charge in [0.25, 0.3) is 0 Å². The first-order valence-corrected chi connectivity index (χ1v) is 8.41. The highest BCUT2D eigenvalue weighted by atomic mass is 32.1. The van der Waals surface area contributed by atoms with Crippen LogP contribution in [0.5, 0.6) is 0 Å². The summed E-state index contributed by atoms with van der Waals surface area (Å²) in [6.45, 7) is 5.12. The highest BCUT2D eigenvalue weighted by Gasteiger charge is 2.25. The summed E-state index contributed by atoms with van der Waals surface area (Å²) in [5.41, 5.74) is -0.507. The maximum absolute atomic E-state index is 11.0. The highest BCUT2D eigenvalue weighted by Crippen LogP contribution is 2.44. The summed E-state index contributed by atoms with van der Waals surface area (Å²) in [4.78, 5) is 18.1. The van der Waals surface area contributed by atoms with Crippen LogP contribution in [0.15, 0.2) is 0 Å². The monoisotopic (exact) mass is 284 g/mol. The minimum absolute atomic E-state index is 0.507. The zero-order valence-electron chi connectivity index (χ0n) is 10.4. The summed E-state index contributed by atoms with van der Waals surface area (Å²) in [6.07, 6.45) is 2.10. The molecule has 1 atom stereocenters. The number of thiol groups is 1. The lowest BCUT2D eigenvalue weighted by atomic mass is 10.2. The molecule has 104 valence electrons. The van der Waals surface area contributed by atoms with Gasteiger partial charge in [0, 0.05) is 13.1 Å². The third-order valence-electron chi connectivity index (χ3n) is 2.59. The van der Waals surface area contributed by atoms with Crippen LogP contribution < -0.4 is 10.6 Å². The fourth-order valence-electron chi connectivity index (χ4n) is 1.51. The van der Waals surface area contributed by atoms with Gasteiger partial charge in [-0.15, -0.1) is 0 Å².